The SMILES string of the molecule is CNS(=O)(=O)c1cc(N)ccc1NCCOC(N)=O. The predicted molar refractivity (Wildman–Crippen MR) is 71.1 cm³/mol. The van der Waals surface area contributed by atoms with Crippen molar-refractivity contribution < 1.29 is 17.9 Å². The number of benzene rings is 1. The monoisotopic (exact) mass is 288 g/mol. The minimum atomic E-state index is -3.63. The van der Waals surface area contributed by atoms with Gasteiger partial charge in [0.05, 0.1) is 5.69 Å². The average Bonchev–Trinajstić information content (AvgIpc) is 2.35. The summed E-state index contributed by atoms with van der Waals surface area (Å²) in [6, 6.07) is 4.43. The molecule has 0 saturated heterocycles. The molecule has 0 atom stereocenters. The molecule has 1 amide bonds. The standard InChI is InChI=1S/C10H16N4O4S/c1-13-19(16,17)9-6-7(11)2-3-8(9)14-4-5-18-10(12)15/h2-3,6,13-14H,4-5,11H2,1H3,(H2,12,15). The van der Waals surface area contributed by atoms with Crippen molar-refractivity contribution in [1.82, 2.24) is 4.72 Å². The molecule has 0 aliphatic carbocycles. The Bertz CT molecular complexity index is 559. The summed E-state index contributed by atoms with van der Waals surface area (Å²) in [6.45, 7) is 0.248. The number of amides is 1. The average molecular weight is 288 g/mol. The van der Waals surface area contributed by atoms with E-state index >= 15 is 0 Å². The first kappa shape index (κ1) is 15.1. The summed E-state index contributed by atoms with van der Waals surface area (Å²) >= 11 is 0. The van der Waals surface area contributed by atoms with Crippen molar-refractivity contribution in [1.29, 1.82) is 0 Å². The van der Waals surface area contributed by atoms with Crippen molar-refractivity contribution in [3.63, 3.8) is 0 Å². The second kappa shape index (κ2) is 6.25. The molecular weight excluding hydrogens is 272 g/mol. The Hall–Kier alpha value is -2.00. The van der Waals surface area contributed by atoms with Gasteiger partial charge in [-0.05, 0) is 25.2 Å². The summed E-state index contributed by atoms with van der Waals surface area (Å²) in [5.74, 6) is 0. The summed E-state index contributed by atoms with van der Waals surface area (Å²) in [4.78, 5) is 10.4. The van der Waals surface area contributed by atoms with E-state index in [1.165, 1.54) is 19.2 Å². The minimum Gasteiger partial charge on any atom is -0.448 e. The zero-order chi connectivity index (χ0) is 14.5. The fraction of sp³-hybridized carbons (Fsp3) is 0.300. The van der Waals surface area contributed by atoms with Gasteiger partial charge in [-0.2, -0.15) is 0 Å². The Labute approximate surface area is 111 Å². The Kier molecular flexibility index (Phi) is 4.95. The van der Waals surface area contributed by atoms with Crippen LogP contribution >= 0.6 is 0 Å². The van der Waals surface area contributed by atoms with Crippen LogP contribution in [0.1, 0.15) is 0 Å². The van der Waals surface area contributed by atoms with Gasteiger partial charge in [0.2, 0.25) is 10.0 Å². The highest BCUT2D eigenvalue weighted by Crippen LogP contribution is 2.23. The smallest absolute Gasteiger partial charge is 0.404 e. The van der Waals surface area contributed by atoms with Gasteiger partial charge in [0, 0.05) is 12.2 Å². The van der Waals surface area contributed by atoms with Crippen molar-refractivity contribution >= 4 is 27.5 Å². The lowest BCUT2D eigenvalue weighted by atomic mass is 10.3. The molecule has 0 aliphatic rings. The number of hydrogen-bond donors (Lipinski definition) is 4. The molecule has 1 aromatic rings. The van der Waals surface area contributed by atoms with E-state index in [0.717, 1.165) is 0 Å². The Morgan fingerprint density at radius 1 is 1.42 bits per heavy atom. The van der Waals surface area contributed by atoms with Crippen LogP contribution in [0.2, 0.25) is 0 Å². The summed E-state index contributed by atoms with van der Waals surface area (Å²) in [6.07, 6.45) is -0.887. The lowest BCUT2D eigenvalue weighted by Crippen LogP contribution is -2.22. The molecule has 0 unspecified atom stereocenters. The molecule has 0 bridgehead atoms. The number of nitrogens with one attached hydrogen (secondary N) is 2. The first-order valence-electron chi connectivity index (χ1n) is 5.36. The van der Waals surface area contributed by atoms with Crippen LogP contribution in [-0.4, -0.2) is 34.7 Å². The molecule has 0 heterocycles. The number of rotatable bonds is 6. The molecule has 1 aromatic carbocycles. The summed E-state index contributed by atoms with van der Waals surface area (Å²) in [7, 11) is -2.33. The first-order valence-corrected chi connectivity index (χ1v) is 6.84. The van der Waals surface area contributed by atoms with Gasteiger partial charge >= 0.3 is 6.09 Å². The van der Waals surface area contributed by atoms with E-state index in [-0.39, 0.29) is 18.0 Å². The number of primary amides is 1. The highest BCUT2D eigenvalue weighted by atomic mass is 32.2. The number of sulfonamides is 1. The molecule has 0 fully saturated rings. The fourth-order valence-corrected chi connectivity index (χ4v) is 2.30. The number of carbonyl (C=O) groups is 1. The largest absolute Gasteiger partial charge is 0.448 e. The van der Waals surface area contributed by atoms with E-state index in [2.05, 4.69) is 14.8 Å². The highest BCUT2D eigenvalue weighted by molar-refractivity contribution is 7.89. The van der Waals surface area contributed by atoms with Crippen molar-refractivity contribution in [2.45, 2.75) is 4.90 Å². The fourth-order valence-electron chi connectivity index (χ4n) is 1.35. The molecule has 1 rings (SSSR count). The number of hydrogen-bond acceptors (Lipinski definition) is 6. The topological polar surface area (TPSA) is 137 Å². The lowest BCUT2D eigenvalue weighted by molar-refractivity contribution is 0.161. The third-order valence-electron chi connectivity index (χ3n) is 2.23. The number of anilines is 2. The van der Waals surface area contributed by atoms with Gasteiger partial charge < -0.3 is 21.5 Å². The van der Waals surface area contributed by atoms with Crippen LogP contribution in [0.4, 0.5) is 16.2 Å². The second-order valence-corrected chi connectivity index (χ2v) is 5.41. The zero-order valence-corrected chi connectivity index (χ0v) is 11.2. The van der Waals surface area contributed by atoms with Crippen molar-refractivity contribution in [2.24, 2.45) is 5.73 Å². The molecule has 0 radical (unpaired) electrons. The zero-order valence-electron chi connectivity index (χ0n) is 10.3. The van der Waals surface area contributed by atoms with Crippen LogP contribution < -0.4 is 21.5 Å². The van der Waals surface area contributed by atoms with E-state index in [1.807, 2.05) is 0 Å². The molecule has 0 spiro atoms. The maximum Gasteiger partial charge on any atom is 0.404 e. The molecule has 0 saturated carbocycles. The maximum atomic E-state index is 11.8. The van der Waals surface area contributed by atoms with E-state index in [9.17, 15) is 13.2 Å². The van der Waals surface area contributed by atoms with Gasteiger partial charge in [-0.3, -0.25) is 0 Å². The second-order valence-electron chi connectivity index (χ2n) is 3.56. The van der Waals surface area contributed by atoms with Crippen molar-refractivity contribution in [3.8, 4) is 0 Å². The van der Waals surface area contributed by atoms with E-state index in [0.29, 0.717) is 11.4 Å². The van der Waals surface area contributed by atoms with Crippen LogP contribution in [0.3, 0.4) is 0 Å². The van der Waals surface area contributed by atoms with Gasteiger partial charge in [0.15, 0.2) is 0 Å². The van der Waals surface area contributed by atoms with E-state index in [4.69, 9.17) is 11.5 Å². The Balaban J connectivity index is 2.86. The molecule has 19 heavy (non-hydrogen) atoms. The van der Waals surface area contributed by atoms with Crippen LogP contribution in [0.5, 0.6) is 0 Å². The third kappa shape index (κ3) is 4.30. The molecule has 6 N–H and O–H groups in total. The summed E-state index contributed by atoms with van der Waals surface area (Å²) in [5, 5.41) is 2.83. The van der Waals surface area contributed by atoms with Crippen LogP contribution in [0.15, 0.2) is 23.1 Å². The van der Waals surface area contributed by atoms with Gasteiger partial charge in [-0.15, -0.1) is 0 Å². The van der Waals surface area contributed by atoms with Gasteiger partial charge in [0.1, 0.15) is 11.5 Å². The molecule has 0 aliphatic heterocycles. The van der Waals surface area contributed by atoms with Gasteiger partial charge in [-0.25, -0.2) is 17.9 Å². The van der Waals surface area contributed by atoms with Gasteiger partial charge in [-0.1, -0.05) is 0 Å². The van der Waals surface area contributed by atoms with Crippen LogP contribution in [-0.2, 0) is 14.8 Å². The van der Waals surface area contributed by atoms with Crippen molar-refractivity contribution in [3.05, 3.63) is 18.2 Å². The Morgan fingerprint density at radius 3 is 2.68 bits per heavy atom. The van der Waals surface area contributed by atoms with Crippen molar-refractivity contribution in [2.75, 3.05) is 31.2 Å². The van der Waals surface area contributed by atoms with Crippen LogP contribution in [0, 0.1) is 0 Å². The molecule has 106 valence electrons. The van der Waals surface area contributed by atoms with Crippen LogP contribution in [0.25, 0.3) is 0 Å². The summed E-state index contributed by atoms with van der Waals surface area (Å²) < 4.78 is 30.3. The Morgan fingerprint density at radius 2 is 2.11 bits per heavy atom. The summed E-state index contributed by atoms with van der Waals surface area (Å²) in [5.41, 5.74) is 11.1. The first-order chi connectivity index (χ1) is 8.86. The van der Waals surface area contributed by atoms with E-state index in [1.54, 1.807) is 6.07 Å². The number of carbonyl (C=O) groups excluding carboxylic acids is 1. The number of nitrogens with two attached hydrogens (primary N) is 2. The molecule has 8 nitrogen and oxygen atoms in total. The number of ether oxygens (including phenoxy) is 1. The molecular formula is C10H16N4O4S. The highest BCUT2D eigenvalue weighted by Gasteiger charge is 2.16. The quantitative estimate of drug-likeness (QED) is 0.418. The van der Waals surface area contributed by atoms with Gasteiger partial charge in [0.25, 0.3) is 0 Å². The van der Waals surface area contributed by atoms with E-state index < -0.39 is 16.1 Å². The predicted octanol–water partition coefficient (Wildman–Crippen LogP) is -0.316. The molecule has 0 aromatic heterocycles. The third-order valence-corrected chi connectivity index (χ3v) is 3.68. The lowest BCUT2D eigenvalue weighted by Gasteiger charge is -2.12. The molecule has 9 heteroatoms. The minimum absolute atomic E-state index is 0.0223. The maximum absolute atomic E-state index is 11.8. The normalized spacial score (nSPS) is 11.0. The number of nitrogen functional groups attached to an aromatic ring is 1.